The second kappa shape index (κ2) is 10.7. The molecule has 0 fully saturated rings. The van der Waals surface area contributed by atoms with E-state index in [9.17, 15) is 4.79 Å². The molecular weight excluding hydrogens is 430 g/mol. The molecule has 0 atom stereocenters. The molecule has 0 saturated carbocycles. The molecule has 6 nitrogen and oxygen atoms in total. The van der Waals surface area contributed by atoms with E-state index in [2.05, 4.69) is 46.0 Å². The standard InChI is InChI=1S/C26H25N5OS/c1-3-18-31-25(22-14-16-27-17-15-22)28-29-26(31)33-19-23(32)30(2)24(20-10-6-4-7-11-20)21-12-8-5-9-13-21/h3-17,24H,1,18-19H2,2H3. The van der Waals surface area contributed by atoms with Crippen LogP contribution in [-0.4, -0.2) is 43.4 Å². The smallest absolute Gasteiger partial charge is 0.233 e. The third kappa shape index (κ3) is 5.21. The predicted octanol–water partition coefficient (Wildman–Crippen LogP) is 4.87. The van der Waals surface area contributed by atoms with Crippen LogP contribution in [0.1, 0.15) is 17.2 Å². The molecule has 0 radical (unpaired) electrons. The molecule has 4 rings (SSSR count). The molecule has 166 valence electrons. The van der Waals surface area contributed by atoms with Gasteiger partial charge in [0, 0.05) is 31.5 Å². The van der Waals surface area contributed by atoms with Crippen LogP contribution in [0.25, 0.3) is 11.4 Å². The van der Waals surface area contributed by atoms with E-state index in [1.54, 1.807) is 23.4 Å². The summed E-state index contributed by atoms with van der Waals surface area (Å²) in [6.45, 7) is 4.40. The zero-order valence-corrected chi connectivity index (χ0v) is 19.2. The Morgan fingerprint density at radius 2 is 1.61 bits per heavy atom. The molecule has 0 bridgehead atoms. The van der Waals surface area contributed by atoms with Crippen molar-refractivity contribution >= 4 is 17.7 Å². The van der Waals surface area contributed by atoms with Gasteiger partial charge in [-0.25, -0.2) is 0 Å². The zero-order chi connectivity index (χ0) is 23.0. The fourth-order valence-electron chi connectivity index (χ4n) is 3.69. The number of hydrogen-bond acceptors (Lipinski definition) is 5. The number of rotatable bonds is 9. The van der Waals surface area contributed by atoms with E-state index >= 15 is 0 Å². The van der Waals surface area contributed by atoms with Crippen molar-refractivity contribution < 1.29 is 4.79 Å². The van der Waals surface area contributed by atoms with Crippen LogP contribution < -0.4 is 0 Å². The van der Waals surface area contributed by atoms with E-state index in [4.69, 9.17) is 0 Å². The van der Waals surface area contributed by atoms with Gasteiger partial charge in [-0.2, -0.15) is 0 Å². The van der Waals surface area contributed by atoms with Gasteiger partial charge < -0.3 is 4.90 Å². The van der Waals surface area contributed by atoms with Crippen LogP contribution in [0.4, 0.5) is 0 Å². The van der Waals surface area contributed by atoms with Gasteiger partial charge in [-0.15, -0.1) is 16.8 Å². The van der Waals surface area contributed by atoms with Gasteiger partial charge in [0.1, 0.15) is 0 Å². The van der Waals surface area contributed by atoms with Crippen molar-refractivity contribution in [1.82, 2.24) is 24.6 Å². The van der Waals surface area contributed by atoms with Crippen LogP contribution in [0.5, 0.6) is 0 Å². The van der Waals surface area contributed by atoms with E-state index in [1.807, 2.05) is 60.1 Å². The van der Waals surface area contributed by atoms with Gasteiger partial charge in [-0.3, -0.25) is 14.3 Å². The number of thioether (sulfide) groups is 1. The number of amides is 1. The Hall–Kier alpha value is -3.71. The summed E-state index contributed by atoms with van der Waals surface area (Å²) >= 11 is 1.38. The molecule has 0 saturated heterocycles. The largest absolute Gasteiger partial charge is 0.334 e. The molecule has 2 heterocycles. The second-order valence-electron chi connectivity index (χ2n) is 7.46. The lowest BCUT2D eigenvalue weighted by Crippen LogP contribution is -2.33. The Morgan fingerprint density at radius 3 is 2.18 bits per heavy atom. The number of pyridine rings is 1. The minimum atomic E-state index is -0.168. The molecule has 4 aromatic rings. The highest BCUT2D eigenvalue weighted by atomic mass is 32.2. The van der Waals surface area contributed by atoms with Crippen LogP contribution >= 0.6 is 11.8 Å². The summed E-state index contributed by atoms with van der Waals surface area (Å²) in [5.41, 5.74) is 3.06. The van der Waals surface area contributed by atoms with Crippen molar-refractivity contribution in [2.45, 2.75) is 17.7 Å². The van der Waals surface area contributed by atoms with Gasteiger partial charge >= 0.3 is 0 Å². The Bertz CT molecular complexity index is 1160. The Kier molecular flexibility index (Phi) is 7.32. The normalized spacial score (nSPS) is 10.8. The predicted molar refractivity (Wildman–Crippen MR) is 132 cm³/mol. The molecule has 0 N–H and O–H groups in total. The number of carbonyl (C=O) groups is 1. The van der Waals surface area contributed by atoms with Gasteiger partial charge in [-0.1, -0.05) is 78.5 Å². The van der Waals surface area contributed by atoms with Crippen LogP contribution in [0.2, 0.25) is 0 Å². The topological polar surface area (TPSA) is 63.9 Å². The lowest BCUT2D eigenvalue weighted by atomic mass is 9.97. The number of benzene rings is 2. The maximum atomic E-state index is 13.3. The molecule has 0 spiro atoms. The van der Waals surface area contributed by atoms with Crippen LogP contribution in [0, 0.1) is 0 Å². The molecule has 2 aromatic carbocycles. The van der Waals surface area contributed by atoms with Gasteiger partial charge in [0.2, 0.25) is 5.91 Å². The third-order valence-corrected chi connectivity index (χ3v) is 6.25. The highest BCUT2D eigenvalue weighted by Crippen LogP contribution is 2.29. The van der Waals surface area contributed by atoms with Crippen molar-refractivity contribution in [3.05, 3.63) is 109 Å². The first kappa shape index (κ1) is 22.5. The SMILES string of the molecule is C=CCn1c(SCC(=O)N(C)C(c2ccccc2)c2ccccc2)nnc1-c1ccncc1. The first-order valence-electron chi connectivity index (χ1n) is 10.6. The highest BCUT2D eigenvalue weighted by molar-refractivity contribution is 7.99. The summed E-state index contributed by atoms with van der Waals surface area (Å²) in [6, 6.07) is 23.8. The number of nitrogens with zero attached hydrogens (tertiary/aromatic N) is 5. The third-order valence-electron chi connectivity index (χ3n) is 5.30. The molecule has 0 unspecified atom stereocenters. The average molecular weight is 456 g/mol. The Balaban J connectivity index is 1.54. The molecule has 1 amide bonds. The van der Waals surface area contributed by atoms with Crippen LogP contribution in [0.3, 0.4) is 0 Å². The first-order valence-corrected chi connectivity index (χ1v) is 11.6. The van der Waals surface area contributed by atoms with Gasteiger partial charge in [0.05, 0.1) is 11.8 Å². The summed E-state index contributed by atoms with van der Waals surface area (Å²) in [4.78, 5) is 19.1. The molecule has 7 heteroatoms. The van der Waals surface area contributed by atoms with Crippen LogP contribution in [-0.2, 0) is 11.3 Å². The van der Waals surface area contributed by atoms with Crippen molar-refractivity contribution in [2.24, 2.45) is 0 Å². The lowest BCUT2D eigenvalue weighted by Gasteiger charge is -2.29. The zero-order valence-electron chi connectivity index (χ0n) is 18.4. The molecule has 33 heavy (non-hydrogen) atoms. The van der Waals surface area contributed by atoms with Gasteiger partial charge in [0.25, 0.3) is 0 Å². The highest BCUT2D eigenvalue weighted by Gasteiger charge is 2.24. The quantitative estimate of drug-likeness (QED) is 0.266. The molecule has 0 aliphatic heterocycles. The molecule has 0 aliphatic carbocycles. The summed E-state index contributed by atoms with van der Waals surface area (Å²) in [5, 5.41) is 9.37. The first-order chi connectivity index (χ1) is 16.2. The maximum absolute atomic E-state index is 13.3. The summed E-state index contributed by atoms with van der Waals surface area (Å²) in [7, 11) is 1.85. The van der Waals surface area contributed by atoms with E-state index < -0.39 is 0 Å². The minimum absolute atomic E-state index is 0.0105. The number of hydrogen-bond donors (Lipinski definition) is 0. The second-order valence-corrected chi connectivity index (χ2v) is 8.40. The van der Waals surface area contributed by atoms with E-state index in [-0.39, 0.29) is 17.7 Å². The number of allylic oxidation sites excluding steroid dienone is 1. The van der Waals surface area contributed by atoms with E-state index in [0.717, 1.165) is 22.5 Å². The van der Waals surface area contributed by atoms with Crippen molar-refractivity contribution in [2.75, 3.05) is 12.8 Å². The van der Waals surface area contributed by atoms with Crippen LogP contribution in [0.15, 0.2) is 103 Å². The molecular formula is C26H25N5OS. The van der Waals surface area contributed by atoms with E-state index in [0.29, 0.717) is 11.7 Å². The average Bonchev–Trinajstić information content (AvgIpc) is 3.27. The molecule has 2 aromatic heterocycles. The van der Waals surface area contributed by atoms with Crippen molar-refractivity contribution in [1.29, 1.82) is 0 Å². The Labute approximate surface area is 198 Å². The summed E-state index contributed by atoms with van der Waals surface area (Å²) in [5.74, 6) is 0.988. The summed E-state index contributed by atoms with van der Waals surface area (Å²) in [6.07, 6.45) is 5.24. The molecule has 0 aliphatic rings. The maximum Gasteiger partial charge on any atom is 0.233 e. The van der Waals surface area contributed by atoms with Gasteiger partial charge in [0.15, 0.2) is 11.0 Å². The van der Waals surface area contributed by atoms with Crippen molar-refractivity contribution in [3.63, 3.8) is 0 Å². The van der Waals surface area contributed by atoms with Gasteiger partial charge in [-0.05, 0) is 23.3 Å². The fraction of sp³-hybridized carbons (Fsp3) is 0.154. The number of aromatic nitrogens is 4. The summed E-state index contributed by atoms with van der Waals surface area (Å²) < 4.78 is 1.96. The lowest BCUT2D eigenvalue weighted by molar-refractivity contribution is -0.128. The van der Waals surface area contributed by atoms with E-state index in [1.165, 1.54) is 11.8 Å². The minimum Gasteiger partial charge on any atom is -0.334 e. The fourth-order valence-corrected chi connectivity index (χ4v) is 4.56. The Morgan fingerprint density at radius 1 is 1.00 bits per heavy atom. The van der Waals surface area contributed by atoms with Crippen molar-refractivity contribution in [3.8, 4) is 11.4 Å². The number of carbonyl (C=O) groups excluding carboxylic acids is 1. The monoisotopic (exact) mass is 455 g/mol.